The number of carbonyl (C=O) groups is 2. The molecule has 0 saturated carbocycles. The molecule has 0 aromatic heterocycles. The second kappa shape index (κ2) is 12.2. The highest BCUT2D eigenvalue weighted by molar-refractivity contribution is 6.31. The third-order valence-electron chi connectivity index (χ3n) is 6.25. The summed E-state index contributed by atoms with van der Waals surface area (Å²) in [6, 6.07) is 26.9. The monoisotopic (exact) mass is 541 g/mol. The van der Waals surface area contributed by atoms with Crippen molar-refractivity contribution in [2.75, 3.05) is 11.9 Å². The highest BCUT2D eigenvalue weighted by Gasteiger charge is 2.18. The first kappa shape index (κ1) is 27.9. The Bertz CT molecular complexity index is 1460. The summed E-state index contributed by atoms with van der Waals surface area (Å²) in [6.07, 6.45) is 0. The Morgan fingerprint density at radius 1 is 0.821 bits per heavy atom. The standard InChI is InChI=1S/C33H32ClNO4/c1-5-38-30-18-11-23(19-24(30)21-39-27-15-12-25(13-16-27)33(2,3)4)32(37)35-29-17-14-26(34)20-28(29)31(36)22-9-7-6-8-10-22/h6-20H,5,21H2,1-4H3,(H,35,37). The number of hydrogen-bond donors (Lipinski definition) is 1. The van der Waals surface area contributed by atoms with Crippen molar-refractivity contribution in [3.8, 4) is 11.5 Å². The summed E-state index contributed by atoms with van der Waals surface area (Å²) >= 11 is 6.19. The lowest BCUT2D eigenvalue weighted by atomic mass is 9.87. The van der Waals surface area contributed by atoms with Gasteiger partial charge in [0.15, 0.2) is 5.78 Å². The molecule has 1 amide bonds. The molecule has 5 nitrogen and oxygen atoms in total. The summed E-state index contributed by atoms with van der Waals surface area (Å²) < 4.78 is 11.8. The van der Waals surface area contributed by atoms with Gasteiger partial charge in [0.1, 0.15) is 18.1 Å². The van der Waals surface area contributed by atoms with E-state index < -0.39 is 0 Å². The van der Waals surface area contributed by atoms with Crippen LogP contribution in [0.25, 0.3) is 0 Å². The fraction of sp³-hybridized carbons (Fsp3) is 0.212. The van der Waals surface area contributed by atoms with Gasteiger partial charge in [-0.2, -0.15) is 0 Å². The van der Waals surface area contributed by atoms with Gasteiger partial charge in [0.2, 0.25) is 0 Å². The van der Waals surface area contributed by atoms with Crippen LogP contribution < -0.4 is 14.8 Å². The zero-order chi connectivity index (χ0) is 28.0. The molecule has 0 aliphatic rings. The van der Waals surface area contributed by atoms with Gasteiger partial charge in [0.25, 0.3) is 5.91 Å². The van der Waals surface area contributed by atoms with Gasteiger partial charge in [-0.15, -0.1) is 0 Å². The summed E-state index contributed by atoms with van der Waals surface area (Å²) in [5.74, 6) is 0.780. The quantitative estimate of drug-likeness (QED) is 0.217. The maximum Gasteiger partial charge on any atom is 0.255 e. The largest absolute Gasteiger partial charge is 0.493 e. The van der Waals surface area contributed by atoms with Gasteiger partial charge < -0.3 is 14.8 Å². The predicted octanol–water partition coefficient (Wildman–Crippen LogP) is 8.10. The normalized spacial score (nSPS) is 11.1. The van der Waals surface area contributed by atoms with Crippen molar-refractivity contribution in [2.45, 2.75) is 39.7 Å². The van der Waals surface area contributed by atoms with Crippen molar-refractivity contribution >= 4 is 29.0 Å². The molecule has 4 aromatic rings. The Morgan fingerprint density at radius 2 is 1.54 bits per heavy atom. The Kier molecular flexibility index (Phi) is 8.72. The highest BCUT2D eigenvalue weighted by atomic mass is 35.5. The van der Waals surface area contributed by atoms with Crippen LogP contribution in [0.1, 0.15) is 65.1 Å². The maximum absolute atomic E-state index is 13.3. The number of hydrogen-bond acceptors (Lipinski definition) is 4. The number of anilines is 1. The molecule has 200 valence electrons. The summed E-state index contributed by atoms with van der Waals surface area (Å²) in [5, 5.41) is 3.28. The van der Waals surface area contributed by atoms with Gasteiger partial charge in [-0.25, -0.2) is 0 Å². The molecular weight excluding hydrogens is 510 g/mol. The first-order valence-electron chi connectivity index (χ1n) is 12.9. The number of carbonyl (C=O) groups excluding carboxylic acids is 2. The van der Waals surface area contributed by atoms with Crippen LogP contribution in [0, 0.1) is 0 Å². The minimum Gasteiger partial charge on any atom is -0.493 e. The van der Waals surface area contributed by atoms with Crippen molar-refractivity contribution in [3.63, 3.8) is 0 Å². The zero-order valence-electron chi connectivity index (χ0n) is 22.6. The lowest BCUT2D eigenvalue weighted by molar-refractivity contribution is 0.102. The lowest BCUT2D eigenvalue weighted by Crippen LogP contribution is -2.16. The van der Waals surface area contributed by atoms with E-state index in [1.165, 1.54) is 5.56 Å². The van der Waals surface area contributed by atoms with Gasteiger partial charge in [-0.1, -0.05) is 74.8 Å². The van der Waals surface area contributed by atoms with E-state index in [1.54, 1.807) is 60.7 Å². The molecule has 39 heavy (non-hydrogen) atoms. The van der Waals surface area contributed by atoms with Crippen molar-refractivity contribution in [3.05, 3.63) is 124 Å². The van der Waals surface area contributed by atoms with Crippen LogP contribution in [-0.4, -0.2) is 18.3 Å². The average molecular weight is 542 g/mol. The minimum absolute atomic E-state index is 0.0536. The smallest absolute Gasteiger partial charge is 0.255 e. The highest BCUT2D eigenvalue weighted by Crippen LogP contribution is 2.28. The molecule has 1 N–H and O–H groups in total. The Balaban J connectivity index is 1.55. The Labute approximate surface area is 234 Å². The van der Waals surface area contributed by atoms with E-state index >= 15 is 0 Å². The van der Waals surface area contributed by atoms with E-state index in [1.807, 2.05) is 25.1 Å². The first-order chi connectivity index (χ1) is 18.7. The molecular formula is C33H32ClNO4. The Morgan fingerprint density at radius 3 is 2.21 bits per heavy atom. The number of benzene rings is 4. The molecule has 0 bridgehead atoms. The van der Waals surface area contributed by atoms with Gasteiger partial charge in [-0.05, 0) is 66.4 Å². The third kappa shape index (κ3) is 7.06. The molecule has 0 spiro atoms. The van der Waals surface area contributed by atoms with E-state index in [0.29, 0.717) is 39.8 Å². The fourth-order valence-electron chi connectivity index (χ4n) is 4.09. The van der Waals surface area contributed by atoms with E-state index in [0.717, 1.165) is 11.3 Å². The van der Waals surface area contributed by atoms with Gasteiger partial charge in [-0.3, -0.25) is 9.59 Å². The number of halogens is 1. The van der Waals surface area contributed by atoms with E-state index in [9.17, 15) is 9.59 Å². The van der Waals surface area contributed by atoms with Crippen molar-refractivity contribution in [1.82, 2.24) is 0 Å². The van der Waals surface area contributed by atoms with Gasteiger partial charge in [0.05, 0.1) is 12.3 Å². The van der Waals surface area contributed by atoms with Crippen LogP contribution in [-0.2, 0) is 12.0 Å². The molecule has 4 rings (SSSR count). The average Bonchev–Trinajstić information content (AvgIpc) is 2.93. The van der Waals surface area contributed by atoms with Crippen LogP contribution in [0.2, 0.25) is 5.02 Å². The second-order valence-corrected chi connectivity index (χ2v) is 10.6. The van der Waals surface area contributed by atoms with Crippen molar-refractivity contribution in [2.24, 2.45) is 0 Å². The van der Waals surface area contributed by atoms with Gasteiger partial charge in [0, 0.05) is 27.3 Å². The molecule has 4 aromatic carbocycles. The number of amides is 1. The lowest BCUT2D eigenvalue weighted by Gasteiger charge is -2.19. The molecule has 0 aliphatic heterocycles. The molecule has 0 atom stereocenters. The molecule has 0 fully saturated rings. The van der Waals surface area contributed by atoms with Crippen molar-refractivity contribution < 1.29 is 19.1 Å². The molecule has 0 radical (unpaired) electrons. The maximum atomic E-state index is 13.3. The number of ether oxygens (including phenoxy) is 2. The summed E-state index contributed by atoms with van der Waals surface area (Å²) in [5.41, 5.74) is 3.62. The van der Waals surface area contributed by atoms with E-state index in [4.69, 9.17) is 21.1 Å². The Hall–Kier alpha value is -4.09. The van der Waals surface area contributed by atoms with Crippen LogP contribution in [0.3, 0.4) is 0 Å². The van der Waals surface area contributed by atoms with Crippen molar-refractivity contribution in [1.29, 1.82) is 0 Å². The van der Waals surface area contributed by atoms with E-state index in [-0.39, 0.29) is 23.7 Å². The van der Waals surface area contributed by atoms with Crippen LogP contribution in [0.5, 0.6) is 11.5 Å². The third-order valence-corrected chi connectivity index (χ3v) is 6.48. The van der Waals surface area contributed by atoms with E-state index in [2.05, 4.69) is 38.2 Å². The number of nitrogens with one attached hydrogen (secondary N) is 1. The first-order valence-corrected chi connectivity index (χ1v) is 13.2. The predicted molar refractivity (Wildman–Crippen MR) is 156 cm³/mol. The molecule has 6 heteroatoms. The molecule has 0 saturated heterocycles. The number of rotatable bonds is 9. The topological polar surface area (TPSA) is 64.6 Å². The minimum atomic E-state index is -0.363. The SMILES string of the molecule is CCOc1ccc(C(=O)Nc2ccc(Cl)cc2C(=O)c2ccccc2)cc1COc1ccc(C(C)(C)C)cc1. The summed E-state index contributed by atoms with van der Waals surface area (Å²) in [4.78, 5) is 26.5. The molecule has 0 aliphatic carbocycles. The fourth-order valence-corrected chi connectivity index (χ4v) is 4.27. The number of ketones is 1. The zero-order valence-corrected chi connectivity index (χ0v) is 23.3. The molecule has 0 heterocycles. The van der Waals surface area contributed by atoms with Crippen LogP contribution in [0.15, 0.2) is 91.0 Å². The summed E-state index contributed by atoms with van der Waals surface area (Å²) in [6.45, 7) is 9.11. The summed E-state index contributed by atoms with van der Waals surface area (Å²) in [7, 11) is 0. The molecule has 0 unspecified atom stereocenters. The second-order valence-electron chi connectivity index (χ2n) is 10.2. The van der Waals surface area contributed by atoms with Gasteiger partial charge >= 0.3 is 0 Å². The van der Waals surface area contributed by atoms with Crippen LogP contribution >= 0.6 is 11.6 Å². The van der Waals surface area contributed by atoms with Crippen LogP contribution in [0.4, 0.5) is 5.69 Å².